The third kappa shape index (κ3) is 4.67. The maximum absolute atomic E-state index is 13.2. The molecule has 1 heterocycles. The number of benzene rings is 2. The molecule has 1 aliphatic rings. The summed E-state index contributed by atoms with van der Waals surface area (Å²) in [6.07, 6.45) is 0.156. The summed E-state index contributed by atoms with van der Waals surface area (Å²) in [5.41, 5.74) is 12.4. The molecule has 0 bridgehead atoms. The predicted molar refractivity (Wildman–Crippen MR) is 119 cm³/mol. The van der Waals surface area contributed by atoms with Gasteiger partial charge in [-0.25, -0.2) is 4.79 Å². The minimum absolute atomic E-state index is 0.156. The molecule has 3 rings (SSSR count). The highest BCUT2D eigenvalue weighted by atomic mass is 35.5. The van der Waals surface area contributed by atoms with Gasteiger partial charge in [0.1, 0.15) is 22.7 Å². The number of hydrogen-bond donors (Lipinski definition) is 3. The first-order valence-corrected chi connectivity index (χ1v) is 10.2. The summed E-state index contributed by atoms with van der Waals surface area (Å²) < 4.78 is 11.4. The Morgan fingerprint density at radius 2 is 1.83 bits per heavy atom. The molecule has 0 aromatic heterocycles. The number of esters is 1. The van der Waals surface area contributed by atoms with E-state index in [2.05, 4.69) is 5.32 Å². The average Bonchev–Trinajstić information content (AvgIpc) is 2.64. The fourth-order valence-electron chi connectivity index (χ4n) is 3.08. The number of carbonyl (C=O) groups excluding carboxylic acids is 1. The van der Waals surface area contributed by atoms with Gasteiger partial charge in [0.15, 0.2) is 5.75 Å². The van der Waals surface area contributed by atoms with Crippen LogP contribution >= 0.6 is 23.2 Å². The van der Waals surface area contributed by atoms with Crippen LogP contribution in [0.1, 0.15) is 38.8 Å². The number of rotatable bonds is 4. The number of ether oxygens (including phenoxy) is 2. The minimum atomic E-state index is -1.48. The smallest absolute Gasteiger partial charge is 0.331 e. The SMILES string of the molecule is CC1=C(N)Nc2cc(C(N)(Cc3ccc(Cl)c(Cl)c3)C(=O)OC(C)(C)C)ccc2O1. The van der Waals surface area contributed by atoms with Crippen molar-refractivity contribution in [2.24, 2.45) is 11.5 Å². The van der Waals surface area contributed by atoms with E-state index in [0.717, 1.165) is 5.56 Å². The maximum atomic E-state index is 13.2. The predicted octanol–water partition coefficient (Wildman–Crippen LogP) is 4.68. The van der Waals surface area contributed by atoms with Crippen LogP contribution in [0.15, 0.2) is 48.0 Å². The Morgan fingerprint density at radius 1 is 1.13 bits per heavy atom. The maximum Gasteiger partial charge on any atom is 0.331 e. The summed E-state index contributed by atoms with van der Waals surface area (Å²) in [5.74, 6) is 0.991. The first kappa shape index (κ1) is 22.3. The normalized spacial score (nSPS) is 15.6. The van der Waals surface area contributed by atoms with Gasteiger partial charge in [0.05, 0.1) is 15.7 Å². The van der Waals surface area contributed by atoms with E-state index in [1.807, 2.05) is 0 Å². The van der Waals surface area contributed by atoms with Crippen LogP contribution in [0.3, 0.4) is 0 Å². The Balaban J connectivity index is 2.05. The number of anilines is 1. The lowest BCUT2D eigenvalue weighted by Gasteiger charge is -2.33. The summed E-state index contributed by atoms with van der Waals surface area (Å²) in [6, 6.07) is 10.4. The number of nitrogens with one attached hydrogen (secondary N) is 1. The van der Waals surface area contributed by atoms with Crippen LogP contribution in [0, 0.1) is 0 Å². The highest BCUT2D eigenvalue weighted by Gasteiger charge is 2.40. The molecule has 0 spiro atoms. The van der Waals surface area contributed by atoms with Crippen LogP contribution in [0.5, 0.6) is 5.75 Å². The molecule has 1 atom stereocenters. The number of nitrogens with two attached hydrogens (primary N) is 2. The molecule has 30 heavy (non-hydrogen) atoms. The number of halogens is 2. The van der Waals surface area contributed by atoms with Gasteiger partial charge in [0.25, 0.3) is 0 Å². The molecule has 1 unspecified atom stereocenters. The van der Waals surface area contributed by atoms with Crippen LogP contribution in [-0.4, -0.2) is 11.6 Å². The van der Waals surface area contributed by atoms with Crippen molar-refractivity contribution >= 4 is 34.9 Å². The van der Waals surface area contributed by atoms with E-state index in [0.29, 0.717) is 38.6 Å². The molecule has 0 amide bonds. The standard InChI is InChI=1S/C22H25Cl2N3O3/c1-12-19(25)27-17-10-14(6-8-18(17)29-12)22(26,20(28)30-21(2,3)4)11-13-5-7-15(23)16(24)9-13/h5-10,27H,11,25-26H2,1-4H3. The van der Waals surface area contributed by atoms with Crippen LogP contribution in [-0.2, 0) is 21.5 Å². The third-order valence-corrected chi connectivity index (χ3v) is 5.38. The molecule has 1 aliphatic heterocycles. The first-order chi connectivity index (χ1) is 13.9. The van der Waals surface area contributed by atoms with E-state index in [4.69, 9.17) is 44.1 Å². The largest absolute Gasteiger partial charge is 0.458 e. The Kier molecular flexibility index (Phi) is 5.96. The van der Waals surface area contributed by atoms with Gasteiger partial charge in [-0.3, -0.25) is 0 Å². The number of hydrogen-bond acceptors (Lipinski definition) is 6. The second kappa shape index (κ2) is 8.02. The Hall–Kier alpha value is -2.41. The monoisotopic (exact) mass is 449 g/mol. The molecule has 8 heteroatoms. The second-order valence-electron chi connectivity index (χ2n) is 8.31. The Morgan fingerprint density at radius 3 is 2.47 bits per heavy atom. The zero-order valence-electron chi connectivity index (χ0n) is 17.3. The van der Waals surface area contributed by atoms with Gasteiger partial charge >= 0.3 is 5.97 Å². The van der Waals surface area contributed by atoms with E-state index >= 15 is 0 Å². The van der Waals surface area contributed by atoms with Crippen molar-refractivity contribution in [3.05, 3.63) is 69.2 Å². The average molecular weight is 450 g/mol. The highest BCUT2D eigenvalue weighted by Crippen LogP contribution is 2.37. The second-order valence-corrected chi connectivity index (χ2v) is 9.12. The van der Waals surface area contributed by atoms with Crippen molar-refractivity contribution in [2.45, 2.75) is 45.3 Å². The van der Waals surface area contributed by atoms with Gasteiger partial charge in [-0.05, 0) is 63.1 Å². The topological polar surface area (TPSA) is 99.6 Å². The van der Waals surface area contributed by atoms with Gasteiger partial charge in [-0.2, -0.15) is 0 Å². The summed E-state index contributed by atoms with van der Waals surface area (Å²) in [4.78, 5) is 13.2. The summed E-state index contributed by atoms with van der Waals surface area (Å²) in [6.45, 7) is 7.14. The van der Waals surface area contributed by atoms with Crippen LogP contribution in [0.4, 0.5) is 5.69 Å². The van der Waals surface area contributed by atoms with E-state index < -0.39 is 17.1 Å². The van der Waals surface area contributed by atoms with Crippen LogP contribution < -0.4 is 21.5 Å². The van der Waals surface area contributed by atoms with Gasteiger partial charge in [-0.1, -0.05) is 35.3 Å². The van der Waals surface area contributed by atoms with E-state index in [-0.39, 0.29) is 6.42 Å². The Bertz CT molecular complexity index is 1030. The van der Waals surface area contributed by atoms with Crippen molar-refractivity contribution in [1.82, 2.24) is 0 Å². The molecule has 6 nitrogen and oxygen atoms in total. The van der Waals surface area contributed by atoms with Gasteiger partial charge in [0, 0.05) is 6.42 Å². The quantitative estimate of drug-likeness (QED) is 0.585. The molecule has 2 aromatic carbocycles. The van der Waals surface area contributed by atoms with Gasteiger partial charge in [-0.15, -0.1) is 0 Å². The van der Waals surface area contributed by atoms with Crippen molar-refractivity contribution in [3.63, 3.8) is 0 Å². The van der Waals surface area contributed by atoms with Crippen molar-refractivity contribution in [2.75, 3.05) is 5.32 Å². The molecule has 2 aromatic rings. The molecular formula is C22H25Cl2N3O3. The minimum Gasteiger partial charge on any atom is -0.458 e. The van der Waals surface area contributed by atoms with Gasteiger partial charge < -0.3 is 26.3 Å². The van der Waals surface area contributed by atoms with E-state index in [1.54, 1.807) is 64.1 Å². The van der Waals surface area contributed by atoms with Crippen molar-refractivity contribution < 1.29 is 14.3 Å². The number of carbonyl (C=O) groups is 1. The molecule has 0 saturated carbocycles. The first-order valence-electron chi connectivity index (χ1n) is 9.41. The Labute approximate surface area is 186 Å². The number of fused-ring (bicyclic) bond motifs is 1. The molecule has 0 aliphatic carbocycles. The van der Waals surface area contributed by atoms with E-state index in [9.17, 15) is 4.79 Å². The molecule has 5 N–H and O–H groups in total. The lowest BCUT2D eigenvalue weighted by Crippen LogP contribution is -2.50. The van der Waals surface area contributed by atoms with Crippen molar-refractivity contribution in [1.29, 1.82) is 0 Å². The molecular weight excluding hydrogens is 425 g/mol. The molecule has 0 fully saturated rings. The number of allylic oxidation sites excluding steroid dienone is 1. The fraction of sp³-hybridized carbons (Fsp3) is 0.318. The highest BCUT2D eigenvalue weighted by molar-refractivity contribution is 6.42. The lowest BCUT2D eigenvalue weighted by atomic mass is 9.84. The van der Waals surface area contributed by atoms with Crippen LogP contribution in [0.25, 0.3) is 0 Å². The molecule has 160 valence electrons. The van der Waals surface area contributed by atoms with Crippen molar-refractivity contribution in [3.8, 4) is 5.75 Å². The van der Waals surface area contributed by atoms with Crippen LogP contribution in [0.2, 0.25) is 10.0 Å². The zero-order valence-corrected chi connectivity index (χ0v) is 18.8. The van der Waals surface area contributed by atoms with E-state index in [1.165, 1.54) is 0 Å². The molecule has 0 radical (unpaired) electrons. The van der Waals surface area contributed by atoms with Gasteiger partial charge in [0.2, 0.25) is 0 Å². The third-order valence-electron chi connectivity index (χ3n) is 4.64. The summed E-state index contributed by atoms with van der Waals surface area (Å²) >= 11 is 12.2. The summed E-state index contributed by atoms with van der Waals surface area (Å²) in [5, 5.41) is 3.88. The lowest BCUT2D eigenvalue weighted by molar-refractivity contribution is -0.162. The molecule has 0 saturated heterocycles. The zero-order chi connectivity index (χ0) is 22.3. The fourth-order valence-corrected chi connectivity index (χ4v) is 3.40. The summed E-state index contributed by atoms with van der Waals surface area (Å²) in [7, 11) is 0.